The van der Waals surface area contributed by atoms with Crippen molar-refractivity contribution in [2.75, 3.05) is 25.9 Å². The molecule has 1 aromatic rings. The second kappa shape index (κ2) is 8.05. The molecule has 9 nitrogen and oxygen atoms in total. The predicted molar refractivity (Wildman–Crippen MR) is 115 cm³/mol. The van der Waals surface area contributed by atoms with Crippen LogP contribution in [0.5, 0.6) is 0 Å². The minimum atomic E-state index is -3.75. The summed E-state index contributed by atoms with van der Waals surface area (Å²) in [5, 5.41) is 4.54. The van der Waals surface area contributed by atoms with Gasteiger partial charge in [0.15, 0.2) is 0 Å². The molecule has 2 amide bonds. The van der Waals surface area contributed by atoms with Crippen molar-refractivity contribution in [3.63, 3.8) is 0 Å². The van der Waals surface area contributed by atoms with Gasteiger partial charge in [-0.3, -0.25) is 19.2 Å². The highest BCUT2D eigenvalue weighted by atomic mass is 32.2. The van der Waals surface area contributed by atoms with E-state index >= 15 is 0 Å². The molecule has 4 heterocycles. The number of carbonyl (C=O) groups is 2. The summed E-state index contributed by atoms with van der Waals surface area (Å²) in [5.41, 5.74) is 1.70. The summed E-state index contributed by atoms with van der Waals surface area (Å²) < 4.78 is 27.1. The minimum absolute atomic E-state index is 0.109. The Labute approximate surface area is 183 Å². The number of nitrogens with zero attached hydrogens (tertiary/aromatic N) is 5. The lowest BCUT2D eigenvalue weighted by atomic mass is 9.89. The summed E-state index contributed by atoms with van der Waals surface area (Å²) in [7, 11) is -2.00. The Morgan fingerprint density at radius 3 is 2.52 bits per heavy atom. The number of carbonyl (C=O) groups excluding carboxylic acids is 2. The molecule has 0 N–H and O–H groups in total. The molecule has 0 aliphatic carbocycles. The Morgan fingerprint density at radius 1 is 1.23 bits per heavy atom. The van der Waals surface area contributed by atoms with Crippen LogP contribution in [-0.2, 0) is 28.4 Å². The molecule has 3 aliphatic heterocycles. The lowest BCUT2D eigenvalue weighted by Crippen LogP contribution is -2.43. The van der Waals surface area contributed by atoms with Crippen LogP contribution in [0.15, 0.2) is 17.8 Å². The standard InChI is InChI=1S/C21H31N5O4S/c1-14(2)18-19-16(26(21(18)28)31(4,29)30)8-11-25(19)20(27)17-12-15(22-23(17)3)13-24-9-6-5-7-10-24/h8,12,14,18-19H,5-7,9-11,13H2,1-4H3/t18-,19+/m1/s1. The zero-order valence-corrected chi connectivity index (χ0v) is 19.4. The van der Waals surface area contributed by atoms with Gasteiger partial charge in [0.1, 0.15) is 5.69 Å². The molecular weight excluding hydrogens is 418 g/mol. The van der Waals surface area contributed by atoms with E-state index in [9.17, 15) is 18.0 Å². The molecule has 0 spiro atoms. The SMILES string of the molecule is CC(C)[C@H]1C(=O)N(S(C)(=O)=O)C2=CCN(C(=O)c3cc(CN4CCCCC4)nn3C)[C@@H]21. The number of amides is 2. The maximum absolute atomic E-state index is 13.5. The van der Waals surface area contributed by atoms with Crippen LogP contribution in [0.2, 0.25) is 0 Å². The molecule has 0 radical (unpaired) electrons. The number of fused-ring (bicyclic) bond motifs is 1. The highest BCUT2D eigenvalue weighted by molar-refractivity contribution is 7.89. The van der Waals surface area contributed by atoms with Gasteiger partial charge in [-0.25, -0.2) is 12.7 Å². The topological polar surface area (TPSA) is 95.8 Å². The zero-order chi connectivity index (χ0) is 22.5. The fourth-order valence-electron chi connectivity index (χ4n) is 5.08. The van der Waals surface area contributed by atoms with Gasteiger partial charge < -0.3 is 4.90 Å². The van der Waals surface area contributed by atoms with Gasteiger partial charge in [-0.15, -0.1) is 0 Å². The summed E-state index contributed by atoms with van der Waals surface area (Å²) in [6.45, 7) is 6.83. The second-order valence-electron chi connectivity index (χ2n) is 9.15. The van der Waals surface area contributed by atoms with Crippen molar-refractivity contribution in [2.45, 2.75) is 45.7 Å². The van der Waals surface area contributed by atoms with E-state index in [4.69, 9.17) is 0 Å². The van der Waals surface area contributed by atoms with E-state index in [2.05, 4.69) is 10.00 Å². The fourth-order valence-corrected chi connectivity index (χ4v) is 6.09. The van der Waals surface area contributed by atoms with Crippen LogP contribution in [-0.4, -0.2) is 76.0 Å². The molecule has 2 atom stereocenters. The van der Waals surface area contributed by atoms with Crippen LogP contribution in [0.4, 0.5) is 0 Å². The van der Waals surface area contributed by atoms with Gasteiger partial charge in [0.25, 0.3) is 5.91 Å². The molecule has 0 bridgehead atoms. The van der Waals surface area contributed by atoms with E-state index in [0.29, 0.717) is 17.9 Å². The van der Waals surface area contributed by atoms with Crippen molar-refractivity contribution in [1.82, 2.24) is 23.9 Å². The predicted octanol–water partition coefficient (Wildman–Crippen LogP) is 1.19. The maximum atomic E-state index is 13.5. The lowest BCUT2D eigenvalue weighted by Gasteiger charge is -2.28. The number of piperidine rings is 1. The number of hydrogen-bond acceptors (Lipinski definition) is 6. The zero-order valence-electron chi connectivity index (χ0n) is 18.6. The van der Waals surface area contributed by atoms with E-state index in [1.54, 1.807) is 22.7 Å². The van der Waals surface area contributed by atoms with Gasteiger partial charge in [0.2, 0.25) is 15.9 Å². The van der Waals surface area contributed by atoms with Gasteiger partial charge in [-0.05, 0) is 44.0 Å². The third-order valence-electron chi connectivity index (χ3n) is 6.49. The monoisotopic (exact) mass is 449 g/mol. The van der Waals surface area contributed by atoms with Crippen molar-refractivity contribution < 1.29 is 18.0 Å². The molecule has 31 heavy (non-hydrogen) atoms. The molecule has 0 saturated carbocycles. The second-order valence-corrected chi connectivity index (χ2v) is 11.0. The smallest absolute Gasteiger partial charge is 0.272 e. The van der Waals surface area contributed by atoms with Gasteiger partial charge in [0, 0.05) is 20.1 Å². The number of rotatable bonds is 5. The van der Waals surface area contributed by atoms with Crippen LogP contribution in [0, 0.1) is 11.8 Å². The molecule has 4 rings (SSSR count). The molecule has 1 aromatic heterocycles. The molecule has 0 unspecified atom stereocenters. The van der Waals surface area contributed by atoms with Crippen LogP contribution in [0.25, 0.3) is 0 Å². The molecule has 3 aliphatic rings. The van der Waals surface area contributed by atoms with Gasteiger partial charge in [-0.2, -0.15) is 5.10 Å². The summed E-state index contributed by atoms with van der Waals surface area (Å²) in [6, 6.07) is 1.25. The maximum Gasteiger partial charge on any atom is 0.272 e. The van der Waals surface area contributed by atoms with Crippen molar-refractivity contribution in [1.29, 1.82) is 0 Å². The van der Waals surface area contributed by atoms with Crippen molar-refractivity contribution in [3.05, 3.63) is 29.2 Å². The summed E-state index contributed by atoms with van der Waals surface area (Å²) >= 11 is 0. The summed E-state index contributed by atoms with van der Waals surface area (Å²) in [6.07, 6.45) is 6.35. The third kappa shape index (κ3) is 3.91. The average Bonchev–Trinajstić information content (AvgIpc) is 3.33. The Hall–Kier alpha value is -2.20. The number of likely N-dealkylation sites (tertiary alicyclic amines) is 1. The third-order valence-corrected chi connectivity index (χ3v) is 7.54. The Morgan fingerprint density at radius 2 is 1.90 bits per heavy atom. The highest BCUT2D eigenvalue weighted by Gasteiger charge is 2.55. The normalized spacial score (nSPS) is 24.8. The first-order valence-corrected chi connectivity index (χ1v) is 12.7. The Balaban J connectivity index is 1.59. The molecule has 10 heteroatoms. The summed E-state index contributed by atoms with van der Waals surface area (Å²) in [5.74, 6) is -1.39. The van der Waals surface area contributed by atoms with Crippen molar-refractivity contribution >= 4 is 21.8 Å². The molecule has 2 fully saturated rings. The van der Waals surface area contributed by atoms with Crippen molar-refractivity contribution in [2.24, 2.45) is 18.9 Å². The largest absolute Gasteiger partial charge is 0.324 e. The number of aryl methyl sites for hydroxylation is 1. The Bertz CT molecular complexity index is 1020. The first-order valence-electron chi connectivity index (χ1n) is 10.9. The van der Waals surface area contributed by atoms with E-state index in [1.165, 1.54) is 19.3 Å². The van der Waals surface area contributed by atoms with E-state index in [1.807, 2.05) is 19.9 Å². The van der Waals surface area contributed by atoms with Gasteiger partial charge >= 0.3 is 0 Å². The number of aromatic nitrogens is 2. The first kappa shape index (κ1) is 22.0. The highest BCUT2D eigenvalue weighted by Crippen LogP contribution is 2.41. The minimum Gasteiger partial charge on any atom is -0.324 e. The quantitative estimate of drug-likeness (QED) is 0.670. The van der Waals surface area contributed by atoms with Crippen LogP contribution in [0.3, 0.4) is 0 Å². The molecule has 170 valence electrons. The first-order chi connectivity index (χ1) is 14.6. The average molecular weight is 450 g/mol. The van der Waals surface area contributed by atoms with Crippen LogP contribution in [0.1, 0.15) is 49.3 Å². The van der Waals surface area contributed by atoms with Gasteiger partial charge in [-0.1, -0.05) is 20.3 Å². The van der Waals surface area contributed by atoms with Gasteiger partial charge in [0.05, 0.1) is 29.6 Å². The molecular formula is C21H31N5O4S. The lowest BCUT2D eigenvalue weighted by molar-refractivity contribution is -0.128. The molecule has 0 aromatic carbocycles. The van der Waals surface area contributed by atoms with Crippen LogP contribution >= 0.6 is 0 Å². The van der Waals surface area contributed by atoms with E-state index in [-0.39, 0.29) is 18.4 Å². The van der Waals surface area contributed by atoms with Crippen LogP contribution < -0.4 is 0 Å². The van der Waals surface area contributed by atoms with Crippen molar-refractivity contribution in [3.8, 4) is 0 Å². The van der Waals surface area contributed by atoms with E-state index in [0.717, 1.165) is 29.3 Å². The summed E-state index contributed by atoms with van der Waals surface area (Å²) in [4.78, 5) is 30.4. The fraction of sp³-hybridized carbons (Fsp3) is 0.667. The Kier molecular flexibility index (Phi) is 5.72. The number of sulfonamides is 1. The molecule has 2 saturated heterocycles. The van der Waals surface area contributed by atoms with E-state index < -0.39 is 27.9 Å². The number of hydrogen-bond donors (Lipinski definition) is 0.